The monoisotopic (exact) mass is 424 g/mol. The summed E-state index contributed by atoms with van der Waals surface area (Å²) in [7, 11) is 0. The van der Waals surface area contributed by atoms with Crippen LogP contribution in [0.3, 0.4) is 0 Å². The van der Waals surface area contributed by atoms with Crippen LogP contribution in [-0.2, 0) is 9.59 Å². The molecule has 3 rings (SSSR count). The second-order valence-electron chi connectivity index (χ2n) is 6.29. The van der Waals surface area contributed by atoms with Gasteiger partial charge in [0.05, 0.1) is 23.6 Å². The van der Waals surface area contributed by atoms with E-state index in [1.807, 2.05) is 6.07 Å². The van der Waals surface area contributed by atoms with Crippen LogP contribution >= 0.6 is 11.8 Å². The number of ether oxygens (including phenoxy) is 1. The molecule has 2 aromatic carbocycles. The Morgan fingerprint density at radius 1 is 1.23 bits per heavy atom. The smallest absolute Gasteiger partial charge is 0.306 e. The van der Waals surface area contributed by atoms with E-state index in [-0.39, 0.29) is 24.7 Å². The summed E-state index contributed by atoms with van der Waals surface area (Å²) in [6, 6.07) is 13.6. The Kier molecular flexibility index (Phi) is 6.92. The third kappa shape index (κ3) is 5.51. The summed E-state index contributed by atoms with van der Waals surface area (Å²) in [5.41, 5.74) is 1.28. The van der Waals surface area contributed by atoms with Crippen molar-refractivity contribution in [1.82, 2.24) is 4.90 Å². The summed E-state index contributed by atoms with van der Waals surface area (Å²) in [6.07, 6.45) is 3.26. The first kappa shape index (κ1) is 21.2. The lowest BCUT2D eigenvalue weighted by atomic mass is 10.2. The van der Waals surface area contributed by atoms with E-state index in [0.29, 0.717) is 28.1 Å². The van der Waals surface area contributed by atoms with E-state index in [0.717, 1.165) is 5.56 Å². The van der Waals surface area contributed by atoms with Gasteiger partial charge in [-0.2, -0.15) is 0 Å². The number of carbonyl (C=O) groups excluding carboxylic acids is 1. The summed E-state index contributed by atoms with van der Waals surface area (Å²) < 4.78 is 5.45. The quantitative estimate of drug-likeness (QED) is 0.490. The summed E-state index contributed by atoms with van der Waals surface area (Å²) in [5, 5.41) is 18.8. The van der Waals surface area contributed by atoms with Gasteiger partial charge in [0.1, 0.15) is 11.5 Å². The van der Waals surface area contributed by atoms with Crippen LogP contribution in [-0.4, -0.2) is 45.3 Å². The maximum absolute atomic E-state index is 12.9. The normalized spacial score (nSPS) is 16.3. The van der Waals surface area contributed by atoms with Crippen molar-refractivity contribution < 1.29 is 24.5 Å². The zero-order valence-electron chi connectivity index (χ0n) is 16.0. The molecule has 2 N–H and O–H groups in total. The van der Waals surface area contributed by atoms with Crippen molar-refractivity contribution in [3.63, 3.8) is 0 Å². The predicted molar refractivity (Wildman–Crippen MR) is 117 cm³/mol. The van der Waals surface area contributed by atoms with Crippen LogP contribution in [0.5, 0.6) is 11.5 Å². The fourth-order valence-electron chi connectivity index (χ4n) is 2.66. The van der Waals surface area contributed by atoms with Crippen LogP contribution in [0.4, 0.5) is 5.69 Å². The average molecular weight is 424 g/mol. The number of carboxylic acids is 1. The number of amidine groups is 1. The van der Waals surface area contributed by atoms with Crippen molar-refractivity contribution >= 4 is 40.6 Å². The third-order valence-electron chi connectivity index (χ3n) is 3.99. The Bertz CT molecular complexity index is 1030. The Morgan fingerprint density at radius 3 is 2.77 bits per heavy atom. The van der Waals surface area contributed by atoms with Crippen LogP contribution in [0.25, 0.3) is 6.08 Å². The molecule has 0 radical (unpaired) electrons. The highest BCUT2D eigenvalue weighted by molar-refractivity contribution is 8.18. The fraction of sp³-hybridized carbons (Fsp3) is 0.136. The zero-order valence-corrected chi connectivity index (χ0v) is 16.8. The van der Waals surface area contributed by atoms with Gasteiger partial charge in [-0.05, 0) is 47.7 Å². The molecule has 1 aliphatic rings. The van der Waals surface area contributed by atoms with Gasteiger partial charge in [0, 0.05) is 12.6 Å². The van der Waals surface area contributed by atoms with Gasteiger partial charge in [0.25, 0.3) is 5.91 Å². The number of thioether (sulfide) groups is 1. The van der Waals surface area contributed by atoms with E-state index in [1.54, 1.807) is 48.6 Å². The fourth-order valence-corrected chi connectivity index (χ4v) is 3.66. The van der Waals surface area contributed by atoms with E-state index >= 15 is 0 Å². The molecule has 1 fully saturated rings. The minimum atomic E-state index is -0.929. The van der Waals surface area contributed by atoms with Gasteiger partial charge in [0.15, 0.2) is 5.17 Å². The number of hydrogen-bond donors (Lipinski definition) is 2. The van der Waals surface area contributed by atoms with Crippen molar-refractivity contribution in [3.8, 4) is 11.5 Å². The summed E-state index contributed by atoms with van der Waals surface area (Å²) in [5.74, 6) is -0.507. The zero-order chi connectivity index (χ0) is 21.5. The van der Waals surface area contributed by atoms with Gasteiger partial charge in [0.2, 0.25) is 0 Å². The Hall–Kier alpha value is -3.52. The number of carboxylic acid groups (broad SMARTS) is 1. The van der Waals surface area contributed by atoms with Crippen molar-refractivity contribution in [2.24, 2.45) is 4.99 Å². The molecule has 0 unspecified atom stereocenters. The van der Waals surface area contributed by atoms with Gasteiger partial charge in [-0.1, -0.05) is 24.3 Å². The largest absolute Gasteiger partial charge is 0.508 e. The van der Waals surface area contributed by atoms with E-state index in [1.165, 1.54) is 22.7 Å². The molecule has 1 aliphatic heterocycles. The maximum atomic E-state index is 12.9. The molecule has 0 spiro atoms. The lowest BCUT2D eigenvalue weighted by Gasteiger charge is -2.12. The molecule has 2 aromatic rings. The number of phenols is 1. The Labute approximate surface area is 178 Å². The average Bonchev–Trinajstić information content (AvgIpc) is 2.97. The van der Waals surface area contributed by atoms with Crippen molar-refractivity contribution in [2.45, 2.75) is 6.42 Å². The molecule has 1 amide bonds. The number of aliphatic imine (C=N–C) groups is 1. The SMILES string of the molecule is C=CCN1C(=O)/C(=C/c2cccc(OCCC(=O)O)c2)SC1=Nc1cccc(O)c1. The highest BCUT2D eigenvalue weighted by Crippen LogP contribution is 2.34. The number of carbonyl (C=O) groups is 2. The van der Waals surface area contributed by atoms with Gasteiger partial charge in [-0.15, -0.1) is 6.58 Å². The van der Waals surface area contributed by atoms with E-state index < -0.39 is 5.97 Å². The molecule has 0 saturated carbocycles. The van der Waals surface area contributed by atoms with Crippen molar-refractivity contribution in [3.05, 3.63) is 71.7 Å². The van der Waals surface area contributed by atoms with E-state index in [4.69, 9.17) is 9.84 Å². The number of rotatable bonds is 8. The number of amides is 1. The second kappa shape index (κ2) is 9.80. The minimum absolute atomic E-state index is 0.0663. The summed E-state index contributed by atoms with van der Waals surface area (Å²) in [6.45, 7) is 4.07. The number of hydrogen-bond acceptors (Lipinski definition) is 6. The van der Waals surface area contributed by atoms with Crippen LogP contribution in [0.2, 0.25) is 0 Å². The lowest BCUT2D eigenvalue weighted by Crippen LogP contribution is -2.29. The van der Waals surface area contributed by atoms with Crippen LogP contribution in [0.1, 0.15) is 12.0 Å². The number of phenolic OH excluding ortho intramolecular Hbond substituents is 1. The van der Waals surface area contributed by atoms with E-state index in [2.05, 4.69) is 11.6 Å². The van der Waals surface area contributed by atoms with Gasteiger partial charge >= 0.3 is 5.97 Å². The first-order valence-corrected chi connectivity index (χ1v) is 9.92. The Balaban J connectivity index is 1.83. The second-order valence-corrected chi connectivity index (χ2v) is 7.30. The molecule has 8 heteroatoms. The topological polar surface area (TPSA) is 99.4 Å². The van der Waals surface area contributed by atoms with Crippen LogP contribution in [0.15, 0.2) is 71.1 Å². The predicted octanol–water partition coefficient (Wildman–Crippen LogP) is 4.04. The molecule has 1 saturated heterocycles. The molecule has 1 heterocycles. The molecule has 0 atom stereocenters. The maximum Gasteiger partial charge on any atom is 0.306 e. The van der Waals surface area contributed by atoms with Crippen molar-refractivity contribution in [1.29, 1.82) is 0 Å². The number of aliphatic carboxylic acids is 1. The number of benzene rings is 2. The molecule has 7 nitrogen and oxygen atoms in total. The van der Waals surface area contributed by atoms with E-state index in [9.17, 15) is 14.7 Å². The molecule has 0 aromatic heterocycles. The standard InChI is InChI=1S/C22H20N2O5S/c1-2-10-24-21(28)19(30-22(24)23-16-6-4-7-17(25)14-16)13-15-5-3-8-18(12-15)29-11-9-20(26)27/h2-8,12-14,25H,1,9-11H2,(H,26,27)/b19-13-,23-22?. The minimum Gasteiger partial charge on any atom is -0.508 e. The first-order chi connectivity index (χ1) is 14.5. The van der Waals surface area contributed by atoms with Gasteiger partial charge in [-0.25, -0.2) is 4.99 Å². The van der Waals surface area contributed by atoms with Crippen LogP contribution in [0, 0.1) is 0 Å². The highest BCUT2D eigenvalue weighted by atomic mass is 32.2. The first-order valence-electron chi connectivity index (χ1n) is 9.11. The number of nitrogens with zero attached hydrogens (tertiary/aromatic N) is 2. The Morgan fingerprint density at radius 2 is 2.03 bits per heavy atom. The van der Waals surface area contributed by atoms with Gasteiger partial charge in [-0.3, -0.25) is 14.5 Å². The third-order valence-corrected chi connectivity index (χ3v) is 5.00. The van der Waals surface area contributed by atoms with Gasteiger partial charge < -0.3 is 14.9 Å². The van der Waals surface area contributed by atoms with Crippen molar-refractivity contribution in [2.75, 3.05) is 13.2 Å². The molecule has 154 valence electrons. The molecule has 0 bridgehead atoms. The molecular formula is C22H20N2O5S. The van der Waals surface area contributed by atoms with Crippen LogP contribution < -0.4 is 4.74 Å². The summed E-state index contributed by atoms with van der Waals surface area (Å²) >= 11 is 1.23. The molecule has 30 heavy (non-hydrogen) atoms. The summed E-state index contributed by atoms with van der Waals surface area (Å²) in [4.78, 5) is 30.0. The lowest BCUT2D eigenvalue weighted by molar-refractivity contribution is -0.137. The highest BCUT2D eigenvalue weighted by Gasteiger charge is 2.32. The number of aromatic hydroxyl groups is 1. The molecule has 0 aliphatic carbocycles. The molecular weight excluding hydrogens is 404 g/mol.